The number of nitrogens with two attached hydrogens (primary N) is 1. The number of ether oxygens (including phenoxy) is 1. The van der Waals surface area contributed by atoms with E-state index in [2.05, 4.69) is 4.74 Å². The minimum absolute atomic E-state index is 0.0638. The first kappa shape index (κ1) is 15.4. The third-order valence-corrected chi connectivity index (χ3v) is 3.26. The van der Waals surface area contributed by atoms with Crippen LogP contribution in [0.5, 0.6) is 5.75 Å². The van der Waals surface area contributed by atoms with E-state index in [1.165, 1.54) is 24.3 Å². The van der Waals surface area contributed by atoms with Crippen LogP contribution in [0, 0.1) is 12.7 Å². The second kappa shape index (κ2) is 6.63. The largest absolute Gasteiger partial charge is 0.435 e. The van der Waals surface area contributed by atoms with Gasteiger partial charge in [0.1, 0.15) is 11.6 Å². The predicted molar refractivity (Wildman–Crippen MR) is 74.8 cm³/mol. The van der Waals surface area contributed by atoms with Crippen molar-refractivity contribution in [3.63, 3.8) is 0 Å². The summed E-state index contributed by atoms with van der Waals surface area (Å²) in [5.41, 5.74) is 8.47. The molecule has 0 aliphatic heterocycles. The number of benzene rings is 2. The van der Waals surface area contributed by atoms with E-state index in [9.17, 15) is 13.2 Å². The summed E-state index contributed by atoms with van der Waals surface area (Å²) in [5, 5.41) is 0. The summed E-state index contributed by atoms with van der Waals surface area (Å²) >= 11 is 0. The third kappa shape index (κ3) is 4.23. The number of rotatable bonds is 5. The molecule has 0 aliphatic carbocycles. The van der Waals surface area contributed by atoms with Gasteiger partial charge in [0.25, 0.3) is 0 Å². The second-order valence-corrected chi connectivity index (χ2v) is 4.83. The van der Waals surface area contributed by atoms with Crippen molar-refractivity contribution in [1.82, 2.24) is 0 Å². The number of halogens is 3. The molecule has 5 heteroatoms. The second-order valence-electron chi connectivity index (χ2n) is 4.83. The summed E-state index contributed by atoms with van der Waals surface area (Å²) in [6.07, 6.45) is 0.418. The molecular weight excluding hydrogens is 279 g/mol. The van der Waals surface area contributed by atoms with Crippen molar-refractivity contribution in [1.29, 1.82) is 0 Å². The highest BCUT2D eigenvalue weighted by Crippen LogP contribution is 2.23. The molecule has 2 N–H and O–H groups in total. The van der Waals surface area contributed by atoms with Gasteiger partial charge in [-0.05, 0) is 54.3 Å². The van der Waals surface area contributed by atoms with Crippen molar-refractivity contribution in [2.45, 2.75) is 26.0 Å². The predicted octanol–water partition coefficient (Wildman–Crippen LogP) is 3.98. The molecule has 2 aromatic rings. The van der Waals surface area contributed by atoms with E-state index in [0.29, 0.717) is 12.0 Å². The fraction of sp³-hybridized carbons (Fsp3) is 0.250. The quantitative estimate of drug-likeness (QED) is 0.905. The van der Waals surface area contributed by atoms with E-state index < -0.39 is 12.7 Å². The molecule has 2 rings (SSSR count). The van der Waals surface area contributed by atoms with Gasteiger partial charge >= 0.3 is 6.61 Å². The first-order valence-electron chi connectivity index (χ1n) is 6.51. The lowest BCUT2D eigenvalue weighted by atomic mass is 9.96. The maximum Gasteiger partial charge on any atom is 0.387 e. The van der Waals surface area contributed by atoms with E-state index in [-0.39, 0.29) is 11.6 Å². The summed E-state index contributed by atoms with van der Waals surface area (Å²) in [7, 11) is 0. The fourth-order valence-corrected chi connectivity index (χ4v) is 2.14. The van der Waals surface area contributed by atoms with Gasteiger partial charge in [0, 0.05) is 6.04 Å². The SMILES string of the molecule is Cc1ccc(F)cc1CC(N)c1cccc(OC(F)F)c1. The van der Waals surface area contributed by atoms with Crippen molar-refractivity contribution in [2.75, 3.05) is 0 Å². The maximum atomic E-state index is 13.3. The Morgan fingerprint density at radius 3 is 2.62 bits per heavy atom. The molecule has 1 atom stereocenters. The van der Waals surface area contributed by atoms with Crippen LogP contribution in [0.1, 0.15) is 22.7 Å². The Morgan fingerprint density at radius 1 is 1.14 bits per heavy atom. The Balaban J connectivity index is 2.16. The molecule has 0 saturated heterocycles. The highest BCUT2D eigenvalue weighted by atomic mass is 19.3. The Labute approximate surface area is 121 Å². The van der Waals surface area contributed by atoms with Crippen molar-refractivity contribution in [3.05, 3.63) is 65.0 Å². The summed E-state index contributed by atoms with van der Waals surface area (Å²) in [6.45, 7) is -1.00. The van der Waals surface area contributed by atoms with E-state index >= 15 is 0 Å². The van der Waals surface area contributed by atoms with E-state index in [1.807, 2.05) is 6.92 Å². The highest BCUT2D eigenvalue weighted by Gasteiger charge is 2.12. The maximum absolute atomic E-state index is 13.3. The molecule has 1 unspecified atom stereocenters. The van der Waals surface area contributed by atoms with Gasteiger partial charge in [-0.3, -0.25) is 0 Å². The average Bonchev–Trinajstić information content (AvgIpc) is 2.42. The molecule has 0 heterocycles. The van der Waals surface area contributed by atoms with Gasteiger partial charge in [0.05, 0.1) is 0 Å². The van der Waals surface area contributed by atoms with Crippen molar-refractivity contribution in [3.8, 4) is 5.75 Å². The topological polar surface area (TPSA) is 35.2 Å². The van der Waals surface area contributed by atoms with Crippen LogP contribution in [0.3, 0.4) is 0 Å². The van der Waals surface area contributed by atoms with Crippen LogP contribution in [0.25, 0.3) is 0 Å². The normalized spacial score (nSPS) is 12.5. The van der Waals surface area contributed by atoms with Gasteiger partial charge < -0.3 is 10.5 Å². The number of hydrogen-bond acceptors (Lipinski definition) is 2. The molecule has 0 bridgehead atoms. The average molecular weight is 295 g/mol. The fourth-order valence-electron chi connectivity index (χ4n) is 2.14. The van der Waals surface area contributed by atoms with Crippen LogP contribution in [0.15, 0.2) is 42.5 Å². The van der Waals surface area contributed by atoms with Crippen LogP contribution >= 0.6 is 0 Å². The van der Waals surface area contributed by atoms with Gasteiger partial charge in [0.2, 0.25) is 0 Å². The molecule has 112 valence electrons. The zero-order valence-electron chi connectivity index (χ0n) is 11.5. The van der Waals surface area contributed by atoms with Crippen LogP contribution in [0.2, 0.25) is 0 Å². The van der Waals surface area contributed by atoms with Crippen LogP contribution in [0.4, 0.5) is 13.2 Å². The van der Waals surface area contributed by atoms with Crippen molar-refractivity contribution >= 4 is 0 Å². The smallest absolute Gasteiger partial charge is 0.387 e. The lowest BCUT2D eigenvalue weighted by Crippen LogP contribution is -2.14. The van der Waals surface area contributed by atoms with Gasteiger partial charge in [-0.25, -0.2) is 4.39 Å². The first-order chi connectivity index (χ1) is 9.95. The summed E-state index contributed by atoms with van der Waals surface area (Å²) < 4.78 is 42.0. The standard InChI is InChI=1S/C16H16F3NO/c1-10-5-6-13(17)7-12(10)9-15(20)11-3-2-4-14(8-11)21-16(18)19/h2-8,15-16H,9,20H2,1H3. The minimum Gasteiger partial charge on any atom is -0.435 e. The van der Waals surface area contributed by atoms with Gasteiger partial charge in [-0.1, -0.05) is 18.2 Å². The van der Waals surface area contributed by atoms with Crippen LogP contribution in [-0.2, 0) is 6.42 Å². The zero-order chi connectivity index (χ0) is 15.4. The van der Waals surface area contributed by atoms with Crippen LogP contribution < -0.4 is 10.5 Å². The Morgan fingerprint density at radius 2 is 1.90 bits per heavy atom. The van der Waals surface area contributed by atoms with Crippen molar-refractivity contribution < 1.29 is 17.9 Å². The van der Waals surface area contributed by atoms with Gasteiger partial charge in [0.15, 0.2) is 0 Å². The number of alkyl halides is 2. The highest BCUT2D eigenvalue weighted by molar-refractivity contribution is 5.33. The van der Waals surface area contributed by atoms with Gasteiger partial charge in [-0.15, -0.1) is 0 Å². The molecule has 21 heavy (non-hydrogen) atoms. The molecule has 2 nitrogen and oxygen atoms in total. The Bertz CT molecular complexity index is 616. The minimum atomic E-state index is -2.87. The van der Waals surface area contributed by atoms with Crippen molar-refractivity contribution in [2.24, 2.45) is 5.73 Å². The molecule has 0 saturated carbocycles. The molecule has 0 fully saturated rings. The van der Waals surface area contributed by atoms with E-state index in [1.54, 1.807) is 18.2 Å². The molecule has 0 radical (unpaired) electrons. The number of aryl methyl sites for hydroxylation is 1. The first-order valence-corrected chi connectivity index (χ1v) is 6.51. The monoisotopic (exact) mass is 295 g/mol. The molecular formula is C16H16F3NO. The molecule has 0 aliphatic rings. The summed E-state index contributed by atoms with van der Waals surface area (Å²) in [4.78, 5) is 0. The zero-order valence-corrected chi connectivity index (χ0v) is 11.5. The van der Waals surface area contributed by atoms with E-state index in [4.69, 9.17) is 5.73 Å². The molecule has 0 spiro atoms. The third-order valence-electron chi connectivity index (χ3n) is 3.26. The molecule has 0 aromatic heterocycles. The van der Waals surface area contributed by atoms with E-state index in [0.717, 1.165) is 11.1 Å². The Hall–Kier alpha value is -2.01. The number of hydrogen-bond donors (Lipinski definition) is 1. The lowest BCUT2D eigenvalue weighted by Gasteiger charge is -2.15. The summed E-state index contributed by atoms with van der Waals surface area (Å²) in [6, 6.07) is 10.3. The molecule has 2 aromatic carbocycles. The lowest BCUT2D eigenvalue weighted by molar-refractivity contribution is -0.0499. The van der Waals surface area contributed by atoms with Crippen LogP contribution in [-0.4, -0.2) is 6.61 Å². The summed E-state index contributed by atoms with van der Waals surface area (Å²) in [5.74, 6) is -0.258. The molecule has 0 amide bonds. The van der Waals surface area contributed by atoms with Gasteiger partial charge in [-0.2, -0.15) is 8.78 Å². The Kier molecular flexibility index (Phi) is 4.85.